The van der Waals surface area contributed by atoms with Crippen LogP contribution in [0.15, 0.2) is 42.5 Å². The van der Waals surface area contributed by atoms with E-state index in [4.69, 9.17) is 14.2 Å². The van der Waals surface area contributed by atoms with Gasteiger partial charge in [-0.15, -0.1) is 0 Å². The molecule has 5 rings (SSSR count). The third-order valence-electron chi connectivity index (χ3n) is 8.25. The first kappa shape index (κ1) is 28.0. The Balaban J connectivity index is 1.51. The summed E-state index contributed by atoms with van der Waals surface area (Å²) in [5, 5.41) is 9.50. The first-order valence-corrected chi connectivity index (χ1v) is 13.3. The molecule has 1 N–H and O–H groups in total. The van der Waals surface area contributed by atoms with Crippen LogP contribution in [0.25, 0.3) is 11.1 Å². The van der Waals surface area contributed by atoms with Crippen molar-refractivity contribution in [3.63, 3.8) is 0 Å². The summed E-state index contributed by atoms with van der Waals surface area (Å²) >= 11 is 0. The molecule has 0 radical (unpaired) electrons. The number of carboxylic acid groups (broad SMARTS) is 1. The van der Waals surface area contributed by atoms with Crippen LogP contribution in [0.4, 0.5) is 13.2 Å². The normalized spacial score (nSPS) is 20.4. The zero-order valence-electron chi connectivity index (χ0n) is 23.2. The van der Waals surface area contributed by atoms with Gasteiger partial charge in [-0.1, -0.05) is 32.9 Å². The summed E-state index contributed by atoms with van der Waals surface area (Å²) < 4.78 is 62.7. The van der Waals surface area contributed by atoms with E-state index >= 15 is 8.78 Å². The lowest BCUT2D eigenvalue weighted by Gasteiger charge is -2.32. The molecule has 1 fully saturated rings. The highest BCUT2D eigenvalue weighted by atomic mass is 19.1. The van der Waals surface area contributed by atoms with Crippen molar-refractivity contribution in [1.82, 2.24) is 0 Å². The molecule has 0 heterocycles. The lowest BCUT2D eigenvalue weighted by molar-refractivity contribution is -0.139. The number of hydrogen-bond donors (Lipinski definition) is 1. The second-order valence-electron chi connectivity index (χ2n) is 11.8. The number of aliphatic carboxylic acids is 1. The molecule has 3 aromatic rings. The zero-order valence-corrected chi connectivity index (χ0v) is 23.2. The van der Waals surface area contributed by atoms with Gasteiger partial charge >= 0.3 is 5.97 Å². The SMILES string of the molecule is COc1ccc(F)c(-c2ccc(COc3cc(F)c4c(c3F)[C@@]3(CC4)C[C@@H]3C(=O)O)cc2[C@H](OC)C(C)(C)C)c1. The number of carboxylic acids is 1. The summed E-state index contributed by atoms with van der Waals surface area (Å²) in [6, 6.07) is 10.9. The number of fused-ring (bicyclic) bond motifs is 2. The fraction of sp³-hybridized carbons (Fsp3) is 0.406. The summed E-state index contributed by atoms with van der Waals surface area (Å²) in [4.78, 5) is 11.6. The molecule has 1 saturated carbocycles. The van der Waals surface area contributed by atoms with Gasteiger partial charge in [0.05, 0.1) is 19.1 Å². The van der Waals surface area contributed by atoms with Crippen molar-refractivity contribution in [2.75, 3.05) is 14.2 Å². The van der Waals surface area contributed by atoms with Gasteiger partial charge in [0.15, 0.2) is 11.6 Å². The molecule has 1 spiro atoms. The molecule has 0 saturated heterocycles. The summed E-state index contributed by atoms with van der Waals surface area (Å²) in [7, 11) is 3.10. The minimum absolute atomic E-state index is 0.0844. The molecule has 2 aliphatic rings. The third kappa shape index (κ3) is 4.72. The van der Waals surface area contributed by atoms with Gasteiger partial charge in [0.1, 0.15) is 24.0 Å². The monoisotopic (exact) mass is 554 g/mol. The largest absolute Gasteiger partial charge is 0.497 e. The number of benzene rings is 3. The van der Waals surface area contributed by atoms with Crippen molar-refractivity contribution in [3.05, 3.63) is 82.2 Å². The highest BCUT2D eigenvalue weighted by Gasteiger charge is 2.63. The summed E-state index contributed by atoms with van der Waals surface area (Å²) in [6.45, 7) is 5.95. The summed E-state index contributed by atoms with van der Waals surface area (Å²) in [5.41, 5.74) is 1.50. The number of halogens is 3. The molecule has 0 aromatic heterocycles. The molecule has 0 amide bonds. The van der Waals surface area contributed by atoms with Crippen LogP contribution in [0.5, 0.6) is 11.5 Å². The van der Waals surface area contributed by atoms with Crippen LogP contribution >= 0.6 is 0 Å². The molecule has 40 heavy (non-hydrogen) atoms. The molecule has 5 nitrogen and oxygen atoms in total. The standard InChI is InChI=1S/C32H33F3O5/c1-31(2,3)29(39-5)22-12-17(6-8-19(22)21-13-18(38-4)7-9-24(21)33)16-40-26-14-25(34)20-10-11-32(27(20)28(26)35)15-23(32)30(36)37/h6-9,12-14,23,29H,10-11,15-16H2,1-5H3,(H,36,37)/t23-,29+,32+/m1/s1. The fourth-order valence-electron chi connectivity index (χ4n) is 6.27. The maximum Gasteiger partial charge on any atom is 0.307 e. The molecule has 0 unspecified atom stereocenters. The smallest absolute Gasteiger partial charge is 0.307 e. The second-order valence-corrected chi connectivity index (χ2v) is 11.8. The van der Waals surface area contributed by atoms with Gasteiger partial charge in [-0.25, -0.2) is 13.2 Å². The number of hydrogen-bond acceptors (Lipinski definition) is 4. The molecule has 2 aliphatic carbocycles. The predicted molar refractivity (Wildman–Crippen MR) is 144 cm³/mol. The summed E-state index contributed by atoms with van der Waals surface area (Å²) in [5.74, 6) is -3.16. The van der Waals surface area contributed by atoms with Gasteiger partial charge in [-0.05, 0) is 71.2 Å². The van der Waals surface area contributed by atoms with E-state index in [0.717, 1.165) is 6.07 Å². The van der Waals surface area contributed by atoms with Gasteiger partial charge in [0.2, 0.25) is 0 Å². The summed E-state index contributed by atoms with van der Waals surface area (Å²) in [6.07, 6.45) is 0.586. The molecule has 0 bridgehead atoms. The Morgan fingerprint density at radius 3 is 2.42 bits per heavy atom. The average molecular weight is 555 g/mol. The fourth-order valence-corrected chi connectivity index (χ4v) is 6.27. The van der Waals surface area contributed by atoms with Crippen molar-refractivity contribution in [3.8, 4) is 22.6 Å². The second kappa shape index (κ2) is 10.1. The van der Waals surface area contributed by atoms with E-state index in [0.29, 0.717) is 47.3 Å². The predicted octanol–water partition coefficient (Wildman–Crippen LogP) is 7.38. The Labute approximate surface area is 231 Å². The van der Waals surface area contributed by atoms with Crippen molar-refractivity contribution < 1.29 is 37.3 Å². The van der Waals surface area contributed by atoms with Gasteiger partial charge in [-0.2, -0.15) is 0 Å². The molecule has 3 aromatic carbocycles. The molecular weight excluding hydrogens is 521 g/mol. The maximum atomic E-state index is 15.7. The molecule has 0 aliphatic heterocycles. The highest BCUT2D eigenvalue weighted by Crippen LogP contribution is 2.63. The topological polar surface area (TPSA) is 65.0 Å². The molecule has 8 heteroatoms. The Morgan fingerprint density at radius 1 is 1.05 bits per heavy atom. The Kier molecular flexibility index (Phi) is 7.11. The van der Waals surface area contributed by atoms with Gasteiger partial charge in [-0.3, -0.25) is 4.79 Å². The van der Waals surface area contributed by atoms with E-state index in [9.17, 15) is 14.3 Å². The van der Waals surface area contributed by atoms with E-state index in [1.165, 1.54) is 13.2 Å². The van der Waals surface area contributed by atoms with Crippen molar-refractivity contribution >= 4 is 5.97 Å². The third-order valence-corrected chi connectivity index (χ3v) is 8.25. The van der Waals surface area contributed by atoms with Gasteiger partial charge in [0, 0.05) is 29.7 Å². The molecule has 3 atom stereocenters. The van der Waals surface area contributed by atoms with E-state index in [-0.39, 0.29) is 28.9 Å². The average Bonchev–Trinajstić information content (AvgIpc) is 3.50. The van der Waals surface area contributed by atoms with Gasteiger partial charge in [0.25, 0.3) is 0 Å². The van der Waals surface area contributed by atoms with Crippen LogP contribution < -0.4 is 9.47 Å². The van der Waals surface area contributed by atoms with Crippen LogP contribution in [-0.4, -0.2) is 25.3 Å². The first-order valence-electron chi connectivity index (χ1n) is 13.3. The van der Waals surface area contributed by atoms with E-state index in [2.05, 4.69) is 0 Å². The van der Waals surface area contributed by atoms with Crippen molar-refractivity contribution in [1.29, 1.82) is 0 Å². The quantitative estimate of drug-likeness (QED) is 0.315. The van der Waals surface area contributed by atoms with Gasteiger partial charge < -0.3 is 19.3 Å². The van der Waals surface area contributed by atoms with Crippen molar-refractivity contribution in [2.45, 2.75) is 58.2 Å². The van der Waals surface area contributed by atoms with Crippen LogP contribution in [0.1, 0.15) is 62.0 Å². The number of ether oxygens (including phenoxy) is 3. The van der Waals surface area contributed by atoms with E-state index in [1.54, 1.807) is 31.4 Å². The van der Waals surface area contributed by atoms with E-state index in [1.807, 2.05) is 26.8 Å². The van der Waals surface area contributed by atoms with Crippen LogP contribution in [-0.2, 0) is 28.0 Å². The number of rotatable bonds is 8. The lowest BCUT2D eigenvalue weighted by atomic mass is 9.81. The Morgan fingerprint density at radius 2 is 1.80 bits per heavy atom. The van der Waals surface area contributed by atoms with Crippen LogP contribution in [0.3, 0.4) is 0 Å². The number of carbonyl (C=O) groups is 1. The first-order chi connectivity index (χ1) is 18.9. The minimum atomic E-state index is -0.995. The zero-order chi connectivity index (χ0) is 29.0. The van der Waals surface area contributed by atoms with Crippen LogP contribution in [0, 0.1) is 28.8 Å². The highest BCUT2D eigenvalue weighted by molar-refractivity contribution is 5.78. The maximum absolute atomic E-state index is 15.7. The molecular formula is C32H33F3O5. The van der Waals surface area contributed by atoms with Crippen LogP contribution in [0.2, 0.25) is 0 Å². The van der Waals surface area contributed by atoms with E-state index < -0.39 is 40.9 Å². The molecule has 212 valence electrons. The Hall–Kier alpha value is -3.52. The minimum Gasteiger partial charge on any atom is -0.497 e. The lowest BCUT2D eigenvalue weighted by Crippen LogP contribution is -2.21. The Bertz CT molecular complexity index is 1480. The van der Waals surface area contributed by atoms with Crippen molar-refractivity contribution in [2.24, 2.45) is 11.3 Å². The number of methoxy groups -OCH3 is 2.